The van der Waals surface area contributed by atoms with Crippen LogP contribution in [0.1, 0.15) is 15.9 Å². The average Bonchev–Trinajstić information content (AvgIpc) is 3.23. The minimum absolute atomic E-state index is 0.0871. The number of halogens is 1. The van der Waals surface area contributed by atoms with Crippen molar-refractivity contribution in [3.8, 4) is 17.1 Å². The summed E-state index contributed by atoms with van der Waals surface area (Å²) in [4.78, 5) is 17.6. The molecular weight excluding hydrogens is 439 g/mol. The lowest BCUT2D eigenvalue weighted by Gasteiger charge is -2.13. The van der Waals surface area contributed by atoms with Crippen LogP contribution in [0.3, 0.4) is 0 Å². The number of pyridine rings is 1. The number of ether oxygens (including phenoxy) is 1. The highest BCUT2D eigenvalue weighted by Gasteiger charge is 2.32. The van der Waals surface area contributed by atoms with E-state index in [0.717, 1.165) is 25.7 Å². The molecule has 4 nitrogen and oxygen atoms in total. The van der Waals surface area contributed by atoms with Crippen molar-refractivity contribution in [1.82, 2.24) is 9.55 Å². The smallest absolute Gasteiger partial charge is 0.268 e. The molecule has 0 amide bonds. The fraction of sp³-hybridized carbons (Fsp3) is 0.0476. The summed E-state index contributed by atoms with van der Waals surface area (Å²) in [6.07, 6.45) is 1.77. The second-order valence-corrected chi connectivity index (χ2v) is 7.41. The molecule has 0 radical (unpaired) electrons. The van der Waals surface area contributed by atoms with Crippen molar-refractivity contribution in [2.24, 2.45) is 0 Å². The molecule has 0 atom stereocenters. The highest BCUT2D eigenvalue weighted by molar-refractivity contribution is 14.1. The van der Waals surface area contributed by atoms with Crippen LogP contribution in [0.15, 0.2) is 66.9 Å². The molecule has 0 aliphatic carbocycles. The molecule has 5 rings (SSSR count). The van der Waals surface area contributed by atoms with E-state index in [4.69, 9.17) is 9.72 Å². The van der Waals surface area contributed by atoms with E-state index in [0.29, 0.717) is 23.6 Å². The summed E-state index contributed by atoms with van der Waals surface area (Å²) in [5, 5.41) is 0.857. The Bertz CT molecular complexity index is 1180. The number of nitrogens with zero attached hydrogens (tertiary/aromatic N) is 2. The summed E-state index contributed by atoms with van der Waals surface area (Å²) in [5.74, 6) is 0.522. The topological polar surface area (TPSA) is 44.1 Å². The monoisotopic (exact) mass is 452 g/mol. The van der Waals surface area contributed by atoms with Crippen LogP contribution >= 0.6 is 22.6 Å². The van der Waals surface area contributed by atoms with Gasteiger partial charge < -0.3 is 4.74 Å². The van der Waals surface area contributed by atoms with E-state index in [1.54, 1.807) is 10.8 Å². The molecule has 0 N–H and O–H groups in total. The van der Waals surface area contributed by atoms with Crippen molar-refractivity contribution in [3.05, 3.63) is 81.6 Å². The minimum Gasteiger partial charge on any atom is -0.487 e. The van der Waals surface area contributed by atoms with Gasteiger partial charge in [-0.05, 0) is 64.6 Å². The number of hydrogen-bond donors (Lipinski definition) is 0. The fourth-order valence-corrected chi connectivity index (χ4v) is 3.98. The quantitative estimate of drug-likeness (QED) is 0.367. The summed E-state index contributed by atoms with van der Waals surface area (Å²) in [6, 6.07) is 19.7. The number of para-hydroxylation sites is 1. The standard InChI is InChI=1S/C21H13IN2O2/c22-14-6-3-5-13(11-14)12-26-20-15-7-1-2-8-16(15)23-19-17-9-4-10-24(17)21(25)18(19)20/h1-11H,12H2. The molecule has 0 saturated carbocycles. The Hall–Kier alpha value is -2.67. The zero-order valence-corrected chi connectivity index (χ0v) is 15.8. The fourth-order valence-electron chi connectivity index (χ4n) is 3.37. The maximum Gasteiger partial charge on any atom is 0.268 e. The molecule has 1 aliphatic rings. The van der Waals surface area contributed by atoms with E-state index < -0.39 is 0 Å². The first kappa shape index (κ1) is 15.6. The van der Waals surface area contributed by atoms with Gasteiger partial charge in [0.25, 0.3) is 5.91 Å². The highest BCUT2D eigenvalue weighted by atomic mass is 127. The zero-order chi connectivity index (χ0) is 17.7. The SMILES string of the molecule is O=C1c2c(nc3ccccc3c2OCc2cccc(I)c2)-c2cccn21. The van der Waals surface area contributed by atoms with E-state index in [9.17, 15) is 4.79 Å². The maximum atomic E-state index is 12.9. The van der Waals surface area contributed by atoms with Crippen molar-refractivity contribution in [2.45, 2.75) is 6.61 Å². The van der Waals surface area contributed by atoms with Gasteiger partial charge in [-0.15, -0.1) is 0 Å². The molecule has 1 aliphatic heterocycles. The Morgan fingerprint density at radius 3 is 2.81 bits per heavy atom. The van der Waals surface area contributed by atoms with Gasteiger partial charge in [0, 0.05) is 15.2 Å². The van der Waals surface area contributed by atoms with Crippen molar-refractivity contribution in [2.75, 3.05) is 0 Å². The van der Waals surface area contributed by atoms with Gasteiger partial charge in [-0.1, -0.05) is 24.3 Å². The average molecular weight is 452 g/mol. The summed E-state index contributed by atoms with van der Waals surface area (Å²) in [5.41, 5.74) is 3.94. The van der Waals surface area contributed by atoms with Gasteiger partial charge in [0.1, 0.15) is 23.6 Å². The Balaban J connectivity index is 1.67. The molecule has 0 spiro atoms. The lowest BCUT2D eigenvalue weighted by molar-refractivity contribution is 0.0965. The zero-order valence-electron chi connectivity index (χ0n) is 13.6. The summed E-state index contributed by atoms with van der Waals surface area (Å²) >= 11 is 2.28. The van der Waals surface area contributed by atoms with Crippen LogP contribution in [-0.4, -0.2) is 15.5 Å². The third kappa shape index (κ3) is 2.34. The Labute approximate surface area is 163 Å². The number of hydrogen-bond acceptors (Lipinski definition) is 3. The number of fused-ring (bicyclic) bond motifs is 4. The van der Waals surface area contributed by atoms with Crippen LogP contribution in [0.4, 0.5) is 0 Å². The lowest BCUT2D eigenvalue weighted by atomic mass is 10.1. The van der Waals surface area contributed by atoms with Gasteiger partial charge in [-0.2, -0.15) is 0 Å². The highest BCUT2D eigenvalue weighted by Crippen LogP contribution is 2.40. The Morgan fingerprint density at radius 2 is 1.92 bits per heavy atom. The van der Waals surface area contributed by atoms with E-state index >= 15 is 0 Å². The third-order valence-corrected chi connectivity index (χ3v) is 5.21. The van der Waals surface area contributed by atoms with Gasteiger partial charge in [-0.3, -0.25) is 9.36 Å². The number of carbonyl (C=O) groups excluding carboxylic acids is 1. The molecule has 0 bridgehead atoms. The van der Waals surface area contributed by atoms with E-state index in [2.05, 4.69) is 28.7 Å². The van der Waals surface area contributed by atoms with Crippen LogP contribution in [0, 0.1) is 3.57 Å². The van der Waals surface area contributed by atoms with E-state index in [1.165, 1.54) is 0 Å². The van der Waals surface area contributed by atoms with Crippen molar-refractivity contribution >= 4 is 39.4 Å². The number of carbonyl (C=O) groups is 1. The number of rotatable bonds is 3. The second-order valence-electron chi connectivity index (χ2n) is 6.17. The van der Waals surface area contributed by atoms with Crippen LogP contribution in [-0.2, 0) is 6.61 Å². The molecule has 0 fully saturated rings. The predicted molar refractivity (Wildman–Crippen MR) is 108 cm³/mol. The summed E-state index contributed by atoms with van der Waals surface area (Å²) < 4.78 is 8.98. The molecule has 0 saturated heterocycles. The summed E-state index contributed by atoms with van der Waals surface area (Å²) in [6.45, 7) is 0.402. The van der Waals surface area contributed by atoms with Crippen molar-refractivity contribution in [1.29, 1.82) is 0 Å². The molecule has 5 heteroatoms. The minimum atomic E-state index is -0.0871. The molecule has 2 aromatic carbocycles. The molecule has 3 heterocycles. The largest absolute Gasteiger partial charge is 0.487 e. The van der Waals surface area contributed by atoms with Gasteiger partial charge in [-0.25, -0.2) is 4.98 Å². The van der Waals surface area contributed by atoms with Crippen molar-refractivity contribution in [3.63, 3.8) is 0 Å². The first-order valence-corrected chi connectivity index (χ1v) is 9.32. The molecule has 4 aromatic rings. The van der Waals surface area contributed by atoms with Crippen LogP contribution in [0.25, 0.3) is 22.3 Å². The second kappa shape index (κ2) is 5.95. The Kier molecular flexibility index (Phi) is 3.56. The molecular formula is C21H13IN2O2. The maximum absolute atomic E-state index is 12.9. The third-order valence-electron chi connectivity index (χ3n) is 4.54. The molecule has 126 valence electrons. The van der Waals surface area contributed by atoms with Crippen LogP contribution in [0.2, 0.25) is 0 Å². The molecule has 26 heavy (non-hydrogen) atoms. The predicted octanol–water partition coefficient (Wildman–Crippen LogP) is 4.89. The first-order chi connectivity index (χ1) is 12.7. The van der Waals surface area contributed by atoms with Gasteiger partial charge in [0.15, 0.2) is 0 Å². The lowest BCUT2D eigenvalue weighted by Crippen LogP contribution is -2.08. The summed E-state index contributed by atoms with van der Waals surface area (Å²) in [7, 11) is 0. The molecule has 2 aromatic heterocycles. The number of aromatic nitrogens is 2. The Morgan fingerprint density at radius 1 is 1.04 bits per heavy atom. The number of benzene rings is 2. The first-order valence-electron chi connectivity index (χ1n) is 8.25. The van der Waals surface area contributed by atoms with Gasteiger partial charge in [0.05, 0.1) is 11.2 Å². The molecule has 0 unspecified atom stereocenters. The van der Waals surface area contributed by atoms with Crippen LogP contribution in [0.5, 0.6) is 5.75 Å². The van der Waals surface area contributed by atoms with E-state index in [1.807, 2.05) is 54.6 Å². The van der Waals surface area contributed by atoms with Gasteiger partial charge >= 0.3 is 0 Å². The van der Waals surface area contributed by atoms with Crippen LogP contribution < -0.4 is 4.74 Å². The van der Waals surface area contributed by atoms with E-state index in [-0.39, 0.29) is 5.91 Å². The van der Waals surface area contributed by atoms with Crippen molar-refractivity contribution < 1.29 is 9.53 Å². The van der Waals surface area contributed by atoms with Gasteiger partial charge in [0.2, 0.25) is 0 Å². The normalized spacial score (nSPS) is 12.3.